The summed E-state index contributed by atoms with van der Waals surface area (Å²) in [6.07, 6.45) is 1.44. The number of ether oxygens (including phenoxy) is 1. The van der Waals surface area contributed by atoms with Crippen molar-refractivity contribution in [2.45, 2.75) is 32.7 Å². The van der Waals surface area contributed by atoms with Crippen molar-refractivity contribution in [2.24, 2.45) is 0 Å². The molecule has 1 aromatic heterocycles. The van der Waals surface area contributed by atoms with Crippen LogP contribution in [0.25, 0.3) is 0 Å². The van der Waals surface area contributed by atoms with Gasteiger partial charge in [-0.3, -0.25) is 4.79 Å². The number of hydrogen-bond acceptors (Lipinski definition) is 5. The van der Waals surface area contributed by atoms with Crippen LogP contribution in [0.3, 0.4) is 0 Å². The number of amides is 1. The Balaban J connectivity index is 2.38. The molecule has 0 saturated carbocycles. The Hall–Kier alpha value is -1.40. The first-order valence-electron chi connectivity index (χ1n) is 7.18. The third-order valence-electron chi connectivity index (χ3n) is 3.45. The van der Waals surface area contributed by atoms with Gasteiger partial charge in [0, 0.05) is 18.7 Å². The van der Waals surface area contributed by atoms with Gasteiger partial charge >= 0.3 is 0 Å². The van der Waals surface area contributed by atoms with Crippen LogP contribution in [0.15, 0.2) is 6.33 Å². The Morgan fingerprint density at radius 2 is 2.33 bits per heavy atom. The van der Waals surface area contributed by atoms with Crippen LogP contribution in [-0.2, 0) is 9.53 Å². The average Bonchev–Trinajstić information content (AvgIpc) is 2.47. The van der Waals surface area contributed by atoms with Crippen molar-refractivity contribution in [3.8, 4) is 0 Å². The highest BCUT2D eigenvalue weighted by Crippen LogP contribution is 2.32. The molecule has 1 saturated heterocycles. The largest absolute Gasteiger partial charge is 0.377 e. The summed E-state index contributed by atoms with van der Waals surface area (Å²) < 4.78 is 5.45. The highest BCUT2D eigenvalue weighted by Gasteiger charge is 2.32. The topological polar surface area (TPSA) is 67.3 Å². The Kier molecular flexibility index (Phi) is 5.36. The number of rotatable bonds is 4. The Labute approximate surface area is 129 Å². The zero-order valence-electron chi connectivity index (χ0n) is 12.6. The summed E-state index contributed by atoms with van der Waals surface area (Å²) in [5.74, 6) is 0.845. The van der Waals surface area contributed by atoms with Gasteiger partial charge in [0.25, 0.3) is 0 Å². The van der Waals surface area contributed by atoms with Gasteiger partial charge in [-0.05, 0) is 12.8 Å². The van der Waals surface area contributed by atoms with Crippen LogP contribution < -0.4 is 10.2 Å². The molecule has 1 amide bonds. The van der Waals surface area contributed by atoms with Crippen molar-refractivity contribution in [3.63, 3.8) is 0 Å². The Morgan fingerprint density at radius 3 is 3.00 bits per heavy atom. The summed E-state index contributed by atoms with van der Waals surface area (Å²) in [6, 6.07) is -0.387. The summed E-state index contributed by atoms with van der Waals surface area (Å²) in [5.41, 5.74) is 0.871. The van der Waals surface area contributed by atoms with Crippen LogP contribution in [0.5, 0.6) is 0 Å². The first kappa shape index (κ1) is 16.0. The lowest BCUT2D eigenvalue weighted by atomic mass is 10.0. The van der Waals surface area contributed by atoms with Gasteiger partial charge in [-0.15, -0.1) is 0 Å². The molecule has 116 valence electrons. The predicted octanol–water partition coefficient (Wildman–Crippen LogP) is 1.59. The Bertz CT molecular complexity index is 510. The van der Waals surface area contributed by atoms with E-state index in [-0.39, 0.29) is 17.9 Å². The van der Waals surface area contributed by atoms with Crippen molar-refractivity contribution in [1.82, 2.24) is 15.3 Å². The molecule has 21 heavy (non-hydrogen) atoms. The molecular weight excluding hydrogens is 292 g/mol. The minimum atomic E-state index is -0.387. The minimum Gasteiger partial charge on any atom is -0.377 e. The summed E-state index contributed by atoms with van der Waals surface area (Å²) >= 11 is 6.22. The maximum atomic E-state index is 12.2. The molecule has 1 atom stereocenters. The Morgan fingerprint density at radius 1 is 1.57 bits per heavy atom. The third kappa shape index (κ3) is 3.44. The minimum absolute atomic E-state index is 0.0540. The molecule has 1 aromatic rings. The van der Waals surface area contributed by atoms with Crippen molar-refractivity contribution < 1.29 is 9.53 Å². The molecule has 2 heterocycles. The summed E-state index contributed by atoms with van der Waals surface area (Å²) in [4.78, 5) is 22.6. The zero-order valence-corrected chi connectivity index (χ0v) is 13.4. The smallest absolute Gasteiger partial charge is 0.245 e. The van der Waals surface area contributed by atoms with Gasteiger partial charge in [0.15, 0.2) is 0 Å². The molecule has 0 spiro atoms. The van der Waals surface area contributed by atoms with Crippen LogP contribution in [0.1, 0.15) is 32.3 Å². The molecule has 0 radical (unpaired) electrons. The van der Waals surface area contributed by atoms with Crippen molar-refractivity contribution in [3.05, 3.63) is 17.0 Å². The number of aromatic nitrogens is 2. The maximum absolute atomic E-state index is 12.2. The molecule has 1 unspecified atom stereocenters. The number of halogens is 1. The second kappa shape index (κ2) is 7.04. The molecule has 1 aliphatic heterocycles. The zero-order chi connectivity index (χ0) is 15.4. The van der Waals surface area contributed by atoms with Crippen LogP contribution in [0.2, 0.25) is 5.15 Å². The van der Waals surface area contributed by atoms with E-state index in [1.165, 1.54) is 6.33 Å². The van der Waals surface area contributed by atoms with Crippen LogP contribution in [-0.4, -0.2) is 48.2 Å². The number of carbonyl (C=O) groups is 1. The number of hydrogen-bond donors (Lipinski definition) is 1. The number of nitrogens with one attached hydrogen (secondary N) is 1. The lowest BCUT2D eigenvalue weighted by molar-refractivity contribution is -0.124. The molecule has 1 aliphatic rings. The standard InChI is InChI=1S/C14H21ClN4O2/c1-4-16-14(20)10-7-21-6-5-19(10)13-11(9(2)3)12(15)17-8-18-13/h8-10H,4-7H2,1-3H3,(H,16,20). The molecule has 0 aromatic carbocycles. The van der Waals surface area contributed by atoms with Crippen molar-refractivity contribution in [2.75, 3.05) is 31.2 Å². The van der Waals surface area contributed by atoms with E-state index in [2.05, 4.69) is 15.3 Å². The van der Waals surface area contributed by atoms with Gasteiger partial charge in [-0.1, -0.05) is 25.4 Å². The summed E-state index contributed by atoms with van der Waals surface area (Å²) in [5, 5.41) is 3.28. The highest BCUT2D eigenvalue weighted by molar-refractivity contribution is 6.30. The first-order chi connectivity index (χ1) is 10.1. The second-order valence-corrected chi connectivity index (χ2v) is 5.59. The molecule has 1 N–H and O–H groups in total. The number of likely N-dealkylation sites (N-methyl/N-ethyl adjacent to an activating group) is 1. The van der Waals surface area contributed by atoms with E-state index in [4.69, 9.17) is 16.3 Å². The molecule has 7 heteroatoms. The lowest BCUT2D eigenvalue weighted by Crippen LogP contribution is -2.54. The van der Waals surface area contributed by atoms with Gasteiger partial charge < -0.3 is 15.0 Å². The van der Waals surface area contributed by atoms with E-state index >= 15 is 0 Å². The monoisotopic (exact) mass is 312 g/mol. The van der Waals surface area contributed by atoms with E-state index in [1.54, 1.807) is 0 Å². The fourth-order valence-corrected chi connectivity index (χ4v) is 2.80. The fraction of sp³-hybridized carbons (Fsp3) is 0.643. The third-order valence-corrected chi connectivity index (χ3v) is 3.75. The van der Waals surface area contributed by atoms with E-state index in [0.29, 0.717) is 31.5 Å². The van der Waals surface area contributed by atoms with Gasteiger partial charge in [0.1, 0.15) is 23.3 Å². The highest BCUT2D eigenvalue weighted by atomic mass is 35.5. The van der Waals surface area contributed by atoms with E-state index in [0.717, 1.165) is 11.4 Å². The predicted molar refractivity (Wildman–Crippen MR) is 81.8 cm³/mol. The normalized spacial score (nSPS) is 18.9. The van der Waals surface area contributed by atoms with E-state index in [9.17, 15) is 4.79 Å². The maximum Gasteiger partial charge on any atom is 0.245 e. The molecule has 6 nitrogen and oxygen atoms in total. The quantitative estimate of drug-likeness (QED) is 0.855. The molecule has 0 bridgehead atoms. The van der Waals surface area contributed by atoms with Gasteiger partial charge in [0.2, 0.25) is 5.91 Å². The SMILES string of the molecule is CCNC(=O)C1COCCN1c1ncnc(Cl)c1C(C)C. The van der Waals surface area contributed by atoms with Crippen LogP contribution in [0.4, 0.5) is 5.82 Å². The van der Waals surface area contributed by atoms with E-state index in [1.807, 2.05) is 25.7 Å². The summed E-state index contributed by atoms with van der Waals surface area (Å²) in [6.45, 7) is 8.08. The fourth-order valence-electron chi connectivity index (χ4n) is 2.46. The van der Waals surface area contributed by atoms with Crippen LogP contribution >= 0.6 is 11.6 Å². The number of nitrogens with zero attached hydrogens (tertiary/aromatic N) is 3. The number of carbonyl (C=O) groups excluding carboxylic acids is 1. The van der Waals surface area contributed by atoms with E-state index < -0.39 is 0 Å². The molecule has 2 rings (SSSR count). The molecular formula is C14H21ClN4O2. The van der Waals surface area contributed by atoms with Gasteiger partial charge in [0.05, 0.1) is 13.2 Å². The molecule has 0 aliphatic carbocycles. The molecule has 1 fully saturated rings. The van der Waals surface area contributed by atoms with Gasteiger partial charge in [-0.2, -0.15) is 0 Å². The van der Waals surface area contributed by atoms with Crippen LogP contribution in [0, 0.1) is 0 Å². The van der Waals surface area contributed by atoms with Crippen molar-refractivity contribution in [1.29, 1.82) is 0 Å². The average molecular weight is 313 g/mol. The lowest BCUT2D eigenvalue weighted by Gasteiger charge is -2.36. The second-order valence-electron chi connectivity index (χ2n) is 5.24. The number of anilines is 1. The van der Waals surface area contributed by atoms with Crippen molar-refractivity contribution >= 4 is 23.3 Å². The first-order valence-corrected chi connectivity index (χ1v) is 7.56. The van der Waals surface area contributed by atoms with Gasteiger partial charge in [-0.25, -0.2) is 9.97 Å². The summed E-state index contributed by atoms with van der Waals surface area (Å²) in [7, 11) is 0. The number of morpholine rings is 1.